The lowest BCUT2D eigenvalue weighted by Crippen LogP contribution is -2.57. The van der Waals surface area contributed by atoms with Gasteiger partial charge in [-0.1, -0.05) is 30.7 Å². The Morgan fingerprint density at radius 1 is 0.923 bits per heavy atom. The Kier molecular flexibility index (Phi) is 6.07. The molecule has 0 radical (unpaired) electrons. The number of aromatic nitrogens is 1. The SMILES string of the molecule is O=C1CC[C@@H](N2Cc3cc(O[C@H]4CCCC[C@H]4N4CC(c5ccc6ccccc6n5)C4)ccc3C2=O)C(=O)N1. The second-order valence-electron chi connectivity index (χ2n) is 11.3. The molecule has 1 saturated carbocycles. The van der Waals surface area contributed by atoms with Gasteiger partial charge in [0.15, 0.2) is 0 Å². The summed E-state index contributed by atoms with van der Waals surface area (Å²) in [6.45, 7) is 2.35. The standard InChI is InChI=1S/C31H32N4O4/c36-29-14-13-27(30(37)33-29)35-18-20-15-22(10-11-23(20)31(35)38)39-28-8-4-3-7-26(28)34-16-21(17-34)25-12-9-19-5-1-2-6-24(19)32-25/h1-2,5-6,9-12,15,21,26-28H,3-4,7-8,13-14,16-18H2,(H,33,36,37)/t26-,27-,28+/m1/s1. The Morgan fingerprint density at radius 2 is 1.77 bits per heavy atom. The Bertz CT molecular complexity index is 1470. The molecule has 1 aliphatic carbocycles. The normalized spacial score (nSPS) is 25.9. The molecule has 3 aromatic rings. The van der Waals surface area contributed by atoms with E-state index >= 15 is 0 Å². The van der Waals surface area contributed by atoms with E-state index in [1.165, 1.54) is 17.5 Å². The number of fused-ring (bicyclic) bond motifs is 2. The van der Waals surface area contributed by atoms with E-state index in [4.69, 9.17) is 9.72 Å². The number of piperidine rings is 1. The zero-order valence-corrected chi connectivity index (χ0v) is 21.8. The number of amides is 3. The number of carbonyl (C=O) groups is 3. The highest BCUT2D eigenvalue weighted by Crippen LogP contribution is 2.36. The number of rotatable bonds is 5. The van der Waals surface area contributed by atoms with Crippen LogP contribution in [0.15, 0.2) is 54.6 Å². The molecule has 7 rings (SSSR count). The van der Waals surface area contributed by atoms with Crippen molar-refractivity contribution in [2.24, 2.45) is 0 Å². The summed E-state index contributed by atoms with van der Waals surface area (Å²) in [5.41, 5.74) is 3.71. The molecule has 3 fully saturated rings. The van der Waals surface area contributed by atoms with Gasteiger partial charge in [-0.2, -0.15) is 0 Å². The van der Waals surface area contributed by atoms with Crippen LogP contribution in [0.5, 0.6) is 5.75 Å². The van der Waals surface area contributed by atoms with Crippen molar-refractivity contribution in [1.82, 2.24) is 20.1 Å². The minimum atomic E-state index is -0.605. The van der Waals surface area contributed by atoms with Gasteiger partial charge in [-0.3, -0.25) is 29.6 Å². The molecule has 8 heteroatoms. The fourth-order valence-electron chi connectivity index (χ4n) is 6.71. The molecule has 0 bridgehead atoms. The number of nitrogens with zero attached hydrogens (tertiary/aromatic N) is 3. The Hall–Kier alpha value is -3.78. The second-order valence-corrected chi connectivity index (χ2v) is 11.3. The maximum atomic E-state index is 13.0. The van der Waals surface area contributed by atoms with Crippen LogP contribution >= 0.6 is 0 Å². The summed E-state index contributed by atoms with van der Waals surface area (Å²) in [5, 5.41) is 3.54. The highest BCUT2D eigenvalue weighted by Gasteiger charge is 2.41. The van der Waals surface area contributed by atoms with Crippen molar-refractivity contribution in [3.63, 3.8) is 0 Å². The number of para-hydroxylation sites is 1. The molecule has 2 aromatic carbocycles. The van der Waals surface area contributed by atoms with E-state index < -0.39 is 6.04 Å². The lowest BCUT2D eigenvalue weighted by Gasteiger charge is -2.48. The number of likely N-dealkylation sites (tertiary alicyclic amines) is 1. The van der Waals surface area contributed by atoms with Gasteiger partial charge in [0, 0.05) is 54.7 Å². The first-order valence-electron chi connectivity index (χ1n) is 14.1. The molecular weight excluding hydrogens is 492 g/mol. The summed E-state index contributed by atoms with van der Waals surface area (Å²) in [6.07, 6.45) is 5.21. The molecule has 3 aliphatic heterocycles. The molecule has 3 amide bonds. The number of imide groups is 1. The summed E-state index contributed by atoms with van der Waals surface area (Å²) in [6, 6.07) is 18.0. The van der Waals surface area contributed by atoms with Crippen LogP contribution in [-0.4, -0.2) is 63.8 Å². The van der Waals surface area contributed by atoms with E-state index in [-0.39, 0.29) is 30.2 Å². The fraction of sp³-hybridized carbons (Fsp3) is 0.419. The molecule has 4 aliphatic rings. The summed E-state index contributed by atoms with van der Waals surface area (Å²) in [7, 11) is 0. The molecule has 1 aromatic heterocycles. The van der Waals surface area contributed by atoms with Crippen molar-refractivity contribution >= 4 is 28.6 Å². The first kappa shape index (κ1) is 24.3. The minimum absolute atomic E-state index is 0.102. The van der Waals surface area contributed by atoms with Gasteiger partial charge in [0.05, 0.1) is 5.52 Å². The minimum Gasteiger partial charge on any atom is -0.489 e. The third-order valence-corrected chi connectivity index (χ3v) is 8.87. The van der Waals surface area contributed by atoms with Crippen molar-refractivity contribution in [2.75, 3.05) is 13.1 Å². The lowest BCUT2D eigenvalue weighted by molar-refractivity contribution is -0.136. The van der Waals surface area contributed by atoms with Gasteiger partial charge in [-0.05, 0) is 61.6 Å². The highest BCUT2D eigenvalue weighted by atomic mass is 16.5. The van der Waals surface area contributed by atoms with Gasteiger partial charge < -0.3 is 9.64 Å². The largest absolute Gasteiger partial charge is 0.489 e. The molecule has 0 spiro atoms. The molecule has 3 atom stereocenters. The van der Waals surface area contributed by atoms with Crippen LogP contribution in [0.25, 0.3) is 10.9 Å². The van der Waals surface area contributed by atoms with Crippen LogP contribution in [0.2, 0.25) is 0 Å². The van der Waals surface area contributed by atoms with E-state index in [2.05, 4.69) is 34.5 Å². The summed E-state index contributed by atoms with van der Waals surface area (Å²) >= 11 is 0. The van der Waals surface area contributed by atoms with Crippen LogP contribution in [0.3, 0.4) is 0 Å². The van der Waals surface area contributed by atoms with Crippen LogP contribution in [0.4, 0.5) is 0 Å². The number of hydrogen-bond donors (Lipinski definition) is 1. The van der Waals surface area contributed by atoms with Gasteiger partial charge in [-0.15, -0.1) is 0 Å². The first-order chi connectivity index (χ1) is 19.0. The number of benzene rings is 2. The van der Waals surface area contributed by atoms with E-state index in [1.807, 2.05) is 30.3 Å². The zero-order chi connectivity index (χ0) is 26.5. The van der Waals surface area contributed by atoms with Crippen molar-refractivity contribution in [3.8, 4) is 5.75 Å². The smallest absolute Gasteiger partial charge is 0.255 e. The topological polar surface area (TPSA) is 91.8 Å². The predicted molar refractivity (Wildman–Crippen MR) is 145 cm³/mol. The van der Waals surface area contributed by atoms with Crippen LogP contribution in [0, 0.1) is 0 Å². The summed E-state index contributed by atoms with van der Waals surface area (Å²) < 4.78 is 6.59. The van der Waals surface area contributed by atoms with Crippen molar-refractivity contribution in [1.29, 1.82) is 0 Å². The van der Waals surface area contributed by atoms with Gasteiger partial charge >= 0.3 is 0 Å². The molecule has 8 nitrogen and oxygen atoms in total. The molecule has 4 heterocycles. The average molecular weight is 525 g/mol. The quantitative estimate of drug-likeness (QED) is 0.511. The van der Waals surface area contributed by atoms with Crippen molar-refractivity contribution in [2.45, 2.75) is 69.2 Å². The van der Waals surface area contributed by atoms with Crippen LogP contribution < -0.4 is 10.1 Å². The predicted octanol–water partition coefficient (Wildman–Crippen LogP) is 3.79. The number of pyridine rings is 1. The molecule has 200 valence electrons. The van der Waals surface area contributed by atoms with E-state index in [1.54, 1.807) is 4.90 Å². The lowest BCUT2D eigenvalue weighted by atomic mass is 9.85. The monoisotopic (exact) mass is 524 g/mol. The molecular formula is C31H32N4O4. The number of carbonyl (C=O) groups excluding carboxylic acids is 3. The van der Waals surface area contributed by atoms with E-state index in [9.17, 15) is 14.4 Å². The number of nitrogens with one attached hydrogen (secondary N) is 1. The van der Waals surface area contributed by atoms with Gasteiger partial charge in [-0.25, -0.2) is 0 Å². The molecule has 39 heavy (non-hydrogen) atoms. The van der Waals surface area contributed by atoms with Crippen molar-refractivity contribution < 1.29 is 19.1 Å². The zero-order valence-electron chi connectivity index (χ0n) is 21.8. The Balaban J connectivity index is 1.02. The second kappa shape index (κ2) is 9.75. The molecule has 1 N–H and O–H groups in total. The van der Waals surface area contributed by atoms with Crippen LogP contribution in [0.1, 0.15) is 66.1 Å². The molecule has 0 unspecified atom stereocenters. The fourth-order valence-corrected chi connectivity index (χ4v) is 6.71. The van der Waals surface area contributed by atoms with Gasteiger partial charge in [0.2, 0.25) is 11.8 Å². The first-order valence-corrected chi connectivity index (χ1v) is 14.1. The maximum absolute atomic E-state index is 13.0. The number of ether oxygens (including phenoxy) is 1. The Labute approximate surface area is 227 Å². The Morgan fingerprint density at radius 3 is 2.64 bits per heavy atom. The summed E-state index contributed by atoms with van der Waals surface area (Å²) in [4.78, 5) is 46.0. The summed E-state index contributed by atoms with van der Waals surface area (Å²) in [5.74, 6) is 0.398. The third-order valence-electron chi connectivity index (χ3n) is 8.87. The number of hydrogen-bond acceptors (Lipinski definition) is 6. The molecule has 2 saturated heterocycles. The average Bonchev–Trinajstić information content (AvgIpc) is 3.24. The van der Waals surface area contributed by atoms with Crippen molar-refractivity contribution in [3.05, 3.63) is 71.4 Å². The van der Waals surface area contributed by atoms with Gasteiger partial charge in [0.25, 0.3) is 5.91 Å². The third kappa shape index (κ3) is 4.46. The maximum Gasteiger partial charge on any atom is 0.255 e. The van der Waals surface area contributed by atoms with E-state index in [0.717, 1.165) is 49.2 Å². The highest BCUT2D eigenvalue weighted by molar-refractivity contribution is 6.05. The van der Waals surface area contributed by atoms with E-state index in [0.29, 0.717) is 30.5 Å². The van der Waals surface area contributed by atoms with Crippen LogP contribution in [-0.2, 0) is 16.1 Å². The van der Waals surface area contributed by atoms with Gasteiger partial charge in [0.1, 0.15) is 17.9 Å².